The highest BCUT2D eigenvalue weighted by molar-refractivity contribution is 7.99. The summed E-state index contributed by atoms with van der Waals surface area (Å²) in [4.78, 5) is 15.3. The van der Waals surface area contributed by atoms with Gasteiger partial charge in [-0.25, -0.2) is 0 Å². The van der Waals surface area contributed by atoms with Crippen LogP contribution in [0, 0.1) is 17.8 Å². The van der Waals surface area contributed by atoms with Crippen molar-refractivity contribution in [2.75, 3.05) is 19.8 Å². The average Bonchev–Trinajstić information content (AvgIpc) is 3.24. The van der Waals surface area contributed by atoms with E-state index in [0.29, 0.717) is 6.42 Å². The number of hydrogen-bond acceptors (Lipinski definition) is 7. The zero-order valence-corrected chi connectivity index (χ0v) is 20.7. The number of rotatable bonds is 5. The lowest BCUT2D eigenvalue weighted by atomic mass is 9.93. The summed E-state index contributed by atoms with van der Waals surface area (Å²) in [5.74, 6) is 5.62. The van der Waals surface area contributed by atoms with Crippen LogP contribution in [-0.2, 0) is 19.0 Å². The Morgan fingerprint density at radius 3 is 2.68 bits per heavy atom. The molecule has 9 atom stereocenters. The zero-order valence-electron chi connectivity index (χ0n) is 19.1. The lowest BCUT2D eigenvalue weighted by molar-refractivity contribution is -0.168. The Labute approximate surface area is 194 Å². The summed E-state index contributed by atoms with van der Waals surface area (Å²) in [6, 6.07) is -0.775. The van der Waals surface area contributed by atoms with Crippen molar-refractivity contribution in [3.63, 3.8) is 0 Å². The molecule has 9 unspecified atom stereocenters. The maximum Gasteiger partial charge on any atom is 0.237 e. The number of hydrogen-bond donors (Lipinski definition) is 2. The van der Waals surface area contributed by atoms with Crippen LogP contribution in [0.15, 0.2) is 0 Å². The number of carbonyl (C=O) groups excluding carboxylic acids is 1. The maximum atomic E-state index is 13.2. The second kappa shape index (κ2) is 10.2. The molecule has 3 fully saturated rings. The highest BCUT2D eigenvalue weighted by atomic mass is 35.5. The van der Waals surface area contributed by atoms with Gasteiger partial charge in [0.25, 0.3) is 0 Å². The Bertz CT molecular complexity index is 712. The Morgan fingerprint density at radius 1 is 1.39 bits per heavy atom. The van der Waals surface area contributed by atoms with Gasteiger partial charge in [0.15, 0.2) is 5.79 Å². The topological polar surface area (TPSA) is 80.3 Å². The Balaban J connectivity index is 1.77. The molecule has 0 bridgehead atoms. The van der Waals surface area contributed by atoms with Crippen molar-refractivity contribution in [2.45, 2.75) is 93.6 Å². The summed E-state index contributed by atoms with van der Waals surface area (Å²) in [6.07, 6.45) is 0.897. The van der Waals surface area contributed by atoms with E-state index in [0.717, 1.165) is 13.0 Å². The number of alkyl halides is 1. The summed E-state index contributed by atoms with van der Waals surface area (Å²) < 4.78 is 18.3. The SMILES string of the molecule is CCC#CC1CC(C(=O)NC(C(C)Cl)C2OC(SC)C(O)C3OC(C)(C)OC32)N(C)C1. The number of nitrogens with zero attached hydrogens (tertiary/aromatic N) is 1. The van der Waals surface area contributed by atoms with Crippen LogP contribution >= 0.6 is 23.4 Å². The largest absolute Gasteiger partial charge is 0.387 e. The van der Waals surface area contributed by atoms with Gasteiger partial charge in [-0.15, -0.1) is 29.3 Å². The Morgan fingerprint density at radius 2 is 2.06 bits per heavy atom. The highest BCUT2D eigenvalue weighted by Crippen LogP contribution is 2.41. The Hall–Kier alpha value is -0.530. The van der Waals surface area contributed by atoms with Crippen molar-refractivity contribution in [3.8, 4) is 11.8 Å². The van der Waals surface area contributed by atoms with E-state index in [-0.39, 0.29) is 17.9 Å². The van der Waals surface area contributed by atoms with Crippen molar-refractivity contribution in [2.24, 2.45) is 5.92 Å². The monoisotopic (exact) mass is 474 g/mol. The van der Waals surface area contributed by atoms with Crippen molar-refractivity contribution < 1.29 is 24.1 Å². The third-order valence-electron chi connectivity index (χ3n) is 6.12. The van der Waals surface area contributed by atoms with E-state index in [1.807, 2.05) is 45.9 Å². The minimum absolute atomic E-state index is 0.0917. The van der Waals surface area contributed by atoms with E-state index in [1.165, 1.54) is 11.8 Å². The van der Waals surface area contributed by atoms with E-state index >= 15 is 0 Å². The van der Waals surface area contributed by atoms with Gasteiger partial charge in [0, 0.05) is 18.9 Å². The van der Waals surface area contributed by atoms with Crippen LogP contribution in [0.25, 0.3) is 0 Å². The van der Waals surface area contributed by atoms with Gasteiger partial charge >= 0.3 is 0 Å². The zero-order chi connectivity index (χ0) is 22.9. The molecule has 2 N–H and O–H groups in total. The molecule has 3 aliphatic rings. The van der Waals surface area contributed by atoms with E-state index in [4.69, 9.17) is 25.8 Å². The molecule has 0 radical (unpaired) electrons. The van der Waals surface area contributed by atoms with Gasteiger partial charge in [-0.05, 0) is 40.5 Å². The number of aliphatic hydroxyl groups is 1. The number of carbonyl (C=O) groups is 1. The standard InChI is InChI=1S/C22H35ClN2O5S/c1-7-8-9-13-10-14(25(5)11-13)20(27)24-15(12(2)23)17-19-18(29-22(3,4)30-19)16(26)21(28-17)31-6/h12-19,21,26H,7,10-11H2,1-6H3,(H,24,27). The van der Waals surface area contributed by atoms with Crippen molar-refractivity contribution in [1.29, 1.82) is 0 Å². The predicted molar refractivity (Wildman–Crippen MR) is 122 cm³/mol. The molecule has 176 valence electrons. The summed E-state index contributed by atoms with van der Waals surface area (Å²) in [6.45, 7) is 8.24. The number of thioether (sulfide) groups is 1. The first-order valence-electron chi connectivity index (χ1n) is 10.9. The summed E-state index contributed by atoms with van der Waals surface area (Å²) in [5.41, 5.74) is -0.499. The van der Waals surface area contributed by atoms with Gasteiger partial charge in [-0.2, -0.15) is 0 Å². The van der Waals surface area contributed by atoms with Crippen LogP contribution in [0.2, 0.25) is 0 Å². The maximum absolute atomic E-state index is 13.2. The van der Waals surface area contributed by atoms with Gasteiger partial charge in [-0.3, -0.25) is 9.69 Å². The number of likely N-dealkylation sites (tertiary alicyclic amines) is 1. The quantitative estimate of drug-likeness (QED) is 0.464. The number of amides is 1. The molecule has 0 aromatic heterocycles. The lowest BCUT2D eigenvalue weighted by Crippen LogP contribution is -2.64. The second-order valence-electron chi connectivity index (χ2n) is 9.03. The van der Waals surface area contributed by atoms with Crippen LogP contribution in [0.3, 0.4) is 0 Å². The fourth-order valence-corrected chi connectivity index (χ4v) is 5.54. The summed E-state index contributed by atoms with van der Waals surface area (Å²) >= 11 is 7.96. The summed E-state index contributed by atoms with van der Waals surface area (Å²) in [7, 11) is 1.95. The molecule has 3 rings (SSSR count). The third-order valence-corrected chi connectivity index (χ3v) is 7.24. The molecule has 1 amide bonds. The van der Waals surface area contributed by atoms with E-state index < -0.39 is 47.1 Å². The molecule has 3 heterocycles. The van der Waals surface area contributed by atoms with Crippen molar-refractivity contribution in [3.05, 3.63) is 0 Å². The molecule has 3 saturated heterocycles. The molecule has 0 aromatic carbocycles. The predicted octanol–water partition coefficient (Wildman–Crippen LogP) is 1.80. The Kier molecular flexibility index (Phi) is 8.23. The van der Waals surface area contributed by atoms with Gasteiger partial charge < -0.3 is 24.6 Å². The molecule has 0 aliphatic carbocycles. The van der Waals surface area contributed by atoms with Gasteiger partial charge in [0.05, 0.1) is 17.5 Å². The lowest BCUT2D eigenvalue weighted by Gasteiger charge is -2.43. The van der Waals surface area contributed by atoms with Crippen LogP contribution in [0.5, 0.6) is 0 Å². The van der Waals surface area contributed by atoms with E-state index in [9.17, 15) is 9.90 Å². The van der Waals surface area contributed by atoms with Gasteiger partial charge in [0.1, 0.15) is 29.9 Å². The number of nitrogens with one attached hydrogen (secondary N) is 1. The molecule has 3 aliphatic heterocycles. The second-order valence-corrected chi connectivity index (χ2v) is 10.7. The number of ether oxygens (including phenoxy) is 3. The van der Waals surface area contributed by atoms with E-state index in [2.05, 4.69) is 17.2 Å². The first kappa shape index (κ1) is 25.1. The third kappa shape index (κ3) is 5.52. The van der Waals surface area contributed by atoms with Crippen LogP contribution < -0.4 is 5.32 Å². The number of likely N-dealkylation sites (N-methyl/N-ethyl adjacent to an activating group) is 1. The molecule has 7 nitrogen and oxygen atoms in total. The smallest absolute Gasteiger partial charge is 0.237 e. The first-order chi connectivity index (χ1) is 14.6. The average molecular weight is 475 g/mol. The molecule has 9 heteroatoms. The number of halogens is 1. The molecule has 0 saturated carbocycles. The molecule has 0 aromatic rings. The fourth-order valence-electron chi connectivity index (χ4n) is 4.66. The van der Waals surface area contributed by atoms with Gasteiger partial charge in [-0.1, -0.05) is 12.8 Å². The summed E-state index contributed by atoms with van der Waals surface area (Å²) in [5, 5.41) is 13.4. The number of fused-ring (bicyclic) bond motifs is 1. The fraction of sp³-hybridized carbons (Fsp3) is 0.864. The number of aliphatic hydroxyl groups excluding tert-OH is 1. The highest BCUT2D eigenvalue weighted by Gasteiger charge is 2.57. The van der Waals surface area contributed by atoms with E-state index in [1.54, 1.807) is 0 Å². The molecule has 0 spiro atoms. The minimum atomic E-state index is -0.855. The van der Waals surface area contributed by atoms with Crippen LogP contribution in [-0.4, -0.2) is 88.9 Å². The minimum Gasteiger partial charge on any atom is -0.387 e. The van der Waals surface area contributed by atoms with Crippen LogP contribution in [0.1, 0.15) is 40.5 Å². The van der Waals surface area contributed by atoms with Crippen molar-refractivity contribution in [1.82, 2.24) is 10.2 Å². The molecular formula is C22H35ClN2O5S. The van der Waals surface area contributed by atoms with Crippen LogP contribution in [0.4, 0.5) is 0 Å². The van der Waals surface area contributed by atoms with Crippen molar-refractivity contribution >= 4 is 29.3 Å². The normalized spacial score (nSPS) is 39.3. The molecule has 31 heavy (non-hydrogen) atoms. The van der Waals surface area contributed by atoms with Gasteiger partial charge in [0.2, 0.25) is 5.91 Å². The molecular weight excluding hydrogens is 440 g/mol. The first-order valence-corrected chi connectivity index (χ1v) is 12.7.